The number of carbonyl (C=O) groups is 1. The molecular formula is C12H14ClF2NO2. The molecule has 1 rings (SSSR count). The molecular weight excluding hydrogens is 264 g/mol. The number of hydrogen-bond acceptors (Lipinski definition) is 2. The molecule has 0 aromatic heterocycles. The summed E-state index contributed by atoms with van der Waals surface area (Å²) in [7, 11) is 0. The van der Waals surface area contributed by atoms with Gasteiger partial charge >= 0.3 is 0 Å². The maximum absolute atomic E-state index is 13.4. The molecule has 1 atom stereocenters. The summed E-state index contributed by atoms with van der Waals surface area (Å²) in [4.78, 5) is 11.6. The number of benzene rings is 1. The molecule has 0 bridgehead atoms. The molecule has 100 valence electrons. The van der Waals surface area contributed by atoms with Crippen LogP contribution in [0.5, 0.6) is 0 Å². The van der Waals surface area contributed by atoms with Gasteiger partial charge in [-0.2, -0.15) is 0 Å². The zero-order valence-electron chi connectivity index (χ0n) is 10.0. The second-order valence-corrected chi connectivity index (χ2v) is 4.67. The van der Waals surface area contributed by atoms with Crippen LogP contribution < -0.4 is 5.32 Å². The third-order valence-electron chi connectivity index (χ3n) is 2.50. The van der Waals surface area contributed by atoms with E-state index in [1.807, 2.05) is 0 Å². The van der Waals surface area contributed by atoms with Gasteiger partial charge < -0.3 is 10.4 Å². The lowest BCUT2D eigenvalue weighted by atomic mass is 10.1. The van der Waals surface area contributed by atoms with Crippen LogP contribution in [0.25, 0.3) is 0 Å². The Hall–Kier alpha value is -1.20. The number of aliphatic hydroxyl groups excluding tert-OH is 1. The van der Waals surface area contributed by atoms with E-state index >= 15 is 0 Å². The Bertz CT molecular complexity index is 452. The molecule has 0 radical (unpaired) electrons. The molecule has 1 amide bonds. The van der Waals surface area contributed by atoms with Crippen molar-refractivity contribution >= 4 is 17.5 Å². The van der Waals surface area contributed by atoms with Gasteiger partial charge in [-0.25, -0.2) is 8.78 Å². The fourth-order valence-electron chi connectivity index (χ4n) is 1.22. The smallest absolute Gasteiger partial charge is 0.254 e. The first-order valence-electron chi connectivity index (χ1n) is 5.43. The number of aliphatic hydroxyl groups is 1. The average Bonchev–Trinajstić information content (AvgIpc) is 2.30. The molecule has 0 saturated carbocycles. The minimum absolute atomic E-state index is 0.0276. The van der Waals surface area contributed by atoms with Crippen molar-refractivity contribution in [3.05, 3.63) is 34.4 Å². The first kappa shape index (κ1) is 14.9. The molecule has 1 unspecified atom stereocenters. The zero-order chi connectivity index (χ0) is 13.9. The van der Waals surface area contributed by atoms with Crippen molar-refractivity contribution in [1.29, 1.82) is 0 Å². The summed E-state index contributed by atoms with van der Waals surface area (Å²) in [6.45, 7) is 3.53. The Morgan fingerprint density at radius 1 is 1.39 bits per heavy atom. The summed E-state index contributed by atoms with van der Waals surface area (Å²) < 4.78 is 26.5. The maximum Gasteiger partial charge on any atom is 0.254 e. The molecule has 1 aromatic rings. The number of rotatable bonds is 4. The fourth-order valence-corrected chi connectivity index (χ4v) is 1.38. The van der Waals surface area contributed by atoms with E-state index in [1.54, 1.807) is 13.8 Å². The number of halogens is 3. The molecule has 3 nitrogen and oxygen atoms in total. The van der Waals surface area contributed by atoms with Gasteiger partial charge in [0.15, 0.2) is 0 Å². The van der Waals surface area contributed by atoms with Crippen LogP contribution in [0.2, 0.25) is 5.02 Å². The van der Waals surface area contributed by atoms with Crippen LogP contribution in [0, 0.1) is 17.6 Å². The summed E-state index contributed by atoms with van der Waals surface area (Å²) in [5.41, 5.74) is -0.437. The summed E-state index contributed by atoms with van der Waals surface area (Å²) in [5, 5.41) is 11.4. The highest BCUT2D eigenvalue weighted by atomic mass is 35.5. The average molecular weight is 278 g/mol. The predicted octanol–water partition coefficient (Wildman–Crippen LogP) is 2.36. The van der Waals surface area contributed by atoms with Crippen molar-refractivity contribution in [2.24, 2.45) is 5.92 Å². The van der Waals surface area contributed by atoms with E-state index in [4.69, 9.17) is 11.6 Å². The molecule has 0 aliphatic rings. The fraction of sp³-hybridized carbons (Fsp3) is 0.417. The zero-order valence-corrected chi connectivity index (χ0v) is 10.8. The van der Waals surface area contributed by atoms with Crippen molar-refractivity contribution in [1.82, 2.24) is 5.32 Å². The van der Waals surface area contributed by atoms with E-state index in [2.05, 4.69) is 5.32 Å². The molecule has 0 saturated heterocycles. The minimum atomic E-state index is -0.905. The Labute approximate surface area is 109 Å². The summed E-state index contributed by atoms with van der Waals surface area (Å²) in [6.07, 6.45) is -0.742. The van der Waals surface area contributed by atoms with Crippen LogP contribution in [0.15, 0.2) is 12.1 Å². The van der Waals surface area contributed by atoms with Crippen molar-refractivity contribution in [2.45, 2.75) is 20.0 Å². The Balaban J connectivity index is 2.76. The van der Waals surface area contributed by atoms with Gasteiger partial charge in [0.2, 0.25) is 0 Å². The van der Waals surface area contributed by atoms with Gasteiger partial charge in [-0.05, 0) is 18.1 Å². The highest BCUT2D eigenvalue weighted by Gasteiger charge is 2.17. The van der Waals surface area contributed by atoms with Crippen LogP contribution in [0.4, 0.5) is 8.78 Å². The highest BCUT2D eigenvalue weighted by molar-refractivity contribution is 6.30. The number of hydrogen-bond donors (Lipinski definition) is 2. The van der Waals surface area contributed by atoms with Gasteiger partial charge in [-0.15, -0.1) is 0 Å². The first-order valence-corrected chi connectivity index (χ1v) is 5.81. The van der Waals surface area contributed by atoms with Crippen LogP contribution in [0.3, 0.4) is 0 Å². The van der Waals surface area contributed by atoms with E-state index < -0.39 is 29.2 Å². The molecule has 18 heavy (non-hydrogen) atoms. The first-order chi connectivity index (χ1) is 8.32. The molecule has 1 aromatic carbocycles. The maximum atomic E-state index is 13.4. The van der Waals surface area contributed by atoms with E-state index in [-0.39, 0.29) is 17.5 Å². The summed E-state index contributed by atoms with van der Waals surface area (Å²) in [6, 6.07) is 1.47. The van der Waals surface area contributed by atoms with Crippen molar-refractivity contribution in [3.8, 4) is 0 Å². The summed E-state index contributed by atoms with van der Waals surface area (Å²) in [5.74, 6) is -2.61. The summed E-state index contributed by atoms with van der Waals surface area (Å²) >= 11 is 5.37. The lowest BCUT2D eigenvalue weighted by Crippen LogP contribution is -2.35. The van der Waals surface area contributed by atoms with E-state index in [1.165, 1.54) is 0 Å². The van der Waals surface area contributed by atoms with Crippen LogP contribution >= 0.6 is 11.6 Å². The lowest BCUT2D eigenvalue weighted by molar-refractivity contribution is 0.0867. The molecule has 0 aliphatic heterocycles. The molecule has 2 N–H and O–H groups in total. The van der Waals surface area contributed by atoms with Crippen molar-refractivity contribution < 1.29 is 18.7 Å². The normalized spacial score (nSPS) is 12.6. The standard InChI is InChI=1S/C12H14ClF2NO2/c1-6(2)11(17)5-16-12(18)7-3-10(15)8(13)4-9(7)14/h3-4,6,11,17H,5H2,1-2H3,(H,16,18). The number of amides is 1. The van der Waals surface area contributed by atoms with Gasteiger partial charge in [0.05, 0.1) is 16.7 Å². The van der Waals surface area contributed by atoms with Crippen LogP contribution in [-0.4, -0.2) is 23.7 Å². The van der Waals surface area contributed by atoms with Gasteiger partial charge in [0.25, 0.3) is 5.91 Å². The van der Waals surface area contributed by atoms with Gasteiger partial charge in [-0.3, -0.25) is 4.79 Å². The number of nitrogens with one attached hydrogen (secondary N) is 1. The Kier molecular flexibility index (Phi) is 5.04. The van der Waals surface area contributed by atoms with E-state index in [0.29, 0.717) is 0 Å². The van der Waals surface area contributed by atoms with E-state index in [9.17, 15) is 18.7 Å². The lowest BCUT2D eigenvalue weighted by Gasteiger charge is -2.15. The topological polar surface area (TPSA) is 49.3 Å². The predicted molar refractivity (Wildman–Crippen MR) is 64.5 cm³/mol. The Morgan fingerprint density at radius 2 is 2.00 bits per heavy atom. The van der Waals surface area contributed by atoms with Gasteiger partial charge in [-0.1, -0.05) is 25.4 Å². The van der Waals surface area contributed by atoms with Gasteiger partial charge in [0, 0.05) is 6.54 Å². The van der Waals surface area contributed by atoms with Crippen molar-refractivity contribution in [2.75, 3.05) is 6.54 Å². The Morgan fingerprint density at radius 3 is 2.56 bits per heavy atom. The van der Waals surface area contributed by atoms with Gasteiger partial charge in [0.1, 0.15) is 11.6 Å². The molecule has 0 aliphatic carbocycles. The van der Waals surface area contributed by atoms with Crippen LogP contribution in [0.1, 0.15) is 24.2 Å². The van der Waals surface area contributed by atoms with Crippen LogP contribution in [-0.2, 0) is 0 Å². The molecule has 6 heteroatoms. The minimum Gasteiger partial charge on any atom is -0.391 e. The quantitative estimate of drug-likeness (QED) is 0.830. The largest absolute Gasteiger partial charge is 0.391 e. The molecule has 0 heterocycles. The second-order valence-electron chi connectivity index (χ2n) is 4.27. The highest BCUT2D eigenvalue weighted by Crippen LogP contribution is 2.19. The molecule has 0 fully saturated rings. The monoisotopic (exact) mass is 277 g/mol. The third-order valence-corrected chi connectivity index (χ3v) is 2.79. The van der Waals surface area contributed by atoms with Crippen molar-refractivity contribution in [3.63, 3.8) is 0 Å². The SMILES string of the molecule is CC(C)C(O)CNC(=O)c1cc(F)c(Cl)cc1F. The van der Waals surface area contributed by atoms with E-state index in [0.717, 1.165) is 12.1 Å². The second kappa shape index (κ2) is 6.11. The number of carbonyl (C=O) groups excluding carboxylic acids is 1. The molecule has 0 spiro atoms. The third kappa shape index (κ3) is 3.65.